The molecule has 102 valence electrons. The van der Waals surface area contributed by atoms with E-state index in [-0.39, 0.29) is 29.3 Å². The van der Waals surface area contributed by atoms with Crippen molar-refractivity contribution in [1.82, 2.24) is 19.5 Å². The number of imidazole rings is 1. The number of fused-ring (bicyclic) bond motifs is 1. The summed E-state index contributed by atoms with van der Waals surface area (Å²) >= 11 is 0. The van der Waals surface area contributed by atoms with E-state index in [4.69, 9.17) is 18.0 Å². The van der Waals surface area contributed by atoms with E-state index in [9.17, 15) is 10.2 Å². The maximum absolute atomic E-state index is 10.0. The van der Waals surface area contributed by atoms with E-state index in [1.807, 2.05) is 0 Å². The lowest BCUT2D eigenvalue weighted by atomic mass is 10.1. The number of rotatable bonds is 2. The van der Waals surface area contributed by atoms with Gasteiger partial charge in [0.2, 0.25) is 0 Å². The molecule has 0 unspecified atom stereocenters. The van der Waals surface area contributed by atoms with Gasteiger partial charge in [0.15, 0.2) is 11.7 Å². The first-order chi connectivity index (χ1) is 9.93. The molecule has 1 aliphatic heterocycles. The zero-order chi connectivity index (χ0) is 15.3. The molecule has 0 aliphatic carbocycles. The largest absolute Gasteiger partial charge is 0.394 e. The average Bonchev–Trinajstić information content (AvgIpc) is 2.89. The number of aromatic amines is 1. The summed E-state index contributed by atoms with van der Waals surface area (Å²) in [6.07, 6.45) is -5.47. The van der Waals surface area contributed by atoms with Crippen molar-refractivity contribution in [2.24, 2.45) is 0 Å². The topological polar surface area (TPSA) is 140 Å². The van der Waals surface area contributed by atoms with E-state index in [0.29, 0.717) is 0 Å². The minimum absolute atomic E-state index is 0.0498. The van der Waals surface area contributed by atoms with Gasteiger partial charge in [-0.25, -0.2) is 9.97 Å². The second-order valence-corrected chi connectivity index (χ2v) is 4.21. The summed E-state index contributed by atoms with van der Waals surface area (Å²) in [4.78, 5) is 9.96. The van der Waals surface area contributed by atoms with Crippen LogP contribution in [0.4, 0.5) is 0 Å². The second-order valence-electron chi connectivity index (χ2n) is 4.21. The fraction of sp³-hybridized carbons (Fsp3) is 0.500. The predicted molar refractivity (Wildman–Crippen MR) is 60.7 cm³/mol. The molecule has 19 heavy (non-hydrogen) atoms. The normalized spacial score (nSPS) is 32.6. The van der Waals surface area contributed by atoms with Gasteiger partial charge in [0.25, 0.3) is 0 Å². The summed E-state index contributed by atoms with van der Waals surface area (Å²) in [5.74, 6) is 0. The Hall–Kier alpha value is -1.81. The molecule has 4 atom stereocenters. The Balaban J connectivity index is 2.17. The van der Waals surface area contributed by atoms with E-state index in [2.05, 4.69) is 15.0 Å². The molecule has 0 bridgehead atoms. The standard InChI is InChI=1S/C10H13N5O4/c11-8-5-9(13-2-12-8)15(3-14-5)10-7(18)6(17)4(1-16)19-10/h2-4,6-7,10,16-18H,1H2,(H2,11,12,13)/t4-,6-,7-,10-/m1/s1/i2T,3T. The Kier molecular flexibility index (Phi) is 2.32. The molecular weight excluding hydrogens is 254 g/mol. The van der Waals surface area contributed by atoms with Crippen LogP contribution in [0.15, 0.2) is 12.6 Å². The molecule has 0 amide bonds. The van der Waals surface area contributed by atoms with Gasteiger partial charge in [0.1, 0.15) is 32.2 Å². The van der Waals surface area contributed by atoms with Crippen LogP contribution in [0.3, 0.4) is 0 Å². The van der Waals surface area contributed by atoms with Crippen molar-refractivity contribution in [1.29, 1.82) is 5.41 Å². The molecule has 1 aliphatic rings. The van der Waals surface area contributed by atoms with E-state index in [1.165, 1.54) is 0 Å². The van der Waals surface area contributed by atoms with Crippen molar-refractivity contribution in [3.05, 3.63) is 18.1 Å². The zero-order valence-electron chi connectivity index (χ0n) is 11.6. The Morgan fingerprint density at radius 3 is 2.95 bits per heavy atom. The highest BCUT2D eigenvalue weighted by Crippen LogP contribution is 2.30. The molecule has 1 fully saturated rings. The van der Waals surface area contributed by atoms with Crippen molar-refractivity contribution in [3.8, 4) is 0 Å². The van der Waals surface area contributed by atoms with Crippen LogP contribution >= 0.6 is 0 Å². The average molecular weight is 271 g/mol. The molecule has 2 aromatic rings. The molecule has 0 radical (unpaired) electrons. The number of hydrogen-bond donors (Lipinski definition) is 5. The van der Waals surface area contributed by atoms with Crippen LogP contribution in [0, 0.1) is 5.41 Å². The van der Waals surface area contributed by atoms with Crippen LogP contribution in [0.1, 0.15) is 8.97 Å². The van der Waals surface area contributed by atoms with Crippen molar-refractivity contribution >= 4 is 11.2 Å². The Morgan fingerprint density at radius 2 is 2.26 bits per heavy atom. The smallest absolute Gasteiger partial charge is 0.176 e. The zero-order valence-corrected chi connectivity index (χ0v) is 9.61. The van der Waals surface area contributed by atoms with E-state index >= 15 is 0 Å². The summed E-state index contributed by atoms with van der Waals surface area (Å²) in [7, 11) is 0. The third-order valence-corrected chi connectivity index (χ3v) is 3.07. The number of nitrogens with one attached hydrogen (secondary N) is 2. The van der Waals surface area contributed by atoms with E-state index < -0.39 is 31.1 Å². The number of H-pyrrole nitrogens is 1. The first kappa shape index (κ1) is 10.0. The highest BCUT2D eigenvalue weighted by molar-refractivity contribution is 5.68. The molecule has 3 rings (SSSR count). The van der Waals surface area contributed by atoms with Crippen molar-refractivity contribution in [2.45, 2.75) is 24.5 Å². The van der Waals surface area contributed by atoms with Gasteiger partial charge in [0, 0.05) is 0 Å². The van der Waals surface area contributed by atoms with Crippen LogP contribution in [-0.2, 0) is 4.74 Å². The van der Waals surface area contributed by atoms with Crippen molar-refractivity contribution in [2.75, 3.05) is 6.61 Å². The maximum Gasteiger partial charge on any atom is 0.176 e. The molecule has 0 spiro atoms. The van der Waals surface area contributed by atoms with Crippen LogP contribution < -0.4 is 5.49 Å². The number of hydrogen-bond acceptors (Lipinski definition) is 7. The third-order valence-electron chi connectivity index (χ3n) is 3.07. The second kappa shape index (κ2) is 4.38. The molecule has 0 saturated carbocycles. The monoisotopic (exact) mass is 271 g/mol. The minimum atomic E-state index is -1.38. The molecule has 1 saturated heterocycles. The van der Waals surface area contributed by atoms with Gasteiger partial charge < -0.3 is 25.0 Å². The fourth-order valence-corrected chi connectivity index (χ4v) is 2.07. The molecule has 9 nitrogen and oxygen atoms in total. The van der Waals surface area contributed by atoms with Crippen LogP contribution in [0.25, 0.3) is 11.2 Å². The van der Waals surface area contributed by atoms with Gasteiger partial charge >= 0.3 is 0 Å². The van der Waals surface area contributed by atoms with Gasteiger partial charge in [-0.2, -0.15) is 0 Å². The van der Waals surface area contributed by atoms with E-state index in [1.54, 1.807) is 0 Å². The first-order valence-electron chi connectivity index (χ1n) is 6.56. The number of aromatic nitrogens is 4. The number of ether oxygens (including phenoxy) is 1. The van der Waals surface area contributed by atoms with E-state index in [0.717, 1.165) is 4.57 Å². The first-order valence-corrected chi connectivity index (χ1v) is 5.56. The lowest BCUT2D eigenvalue weighted by molar-refractivity contribution is -0.0511. The Labute approximate surface area is 109 Å². The van der Waals surface area contributed by atoms with Gasteiger partial charge in [0.05, 0.1) is 19.2 Å². The highest BCUT2D eigenvalue weighted by atomic mass is 16.6. The van der Waals surface area contributed by atoms with Crippen LogP contribution in [0.2, 0.25) is 0 Å². The van der Waals surface area contributed by atoms with Gasteiger partial charge in [-0.15, -0.1) is 0 Å². The summed E-state index contributed by atoms with van der Waals surface area (Å²) in [5.41, 5.74) is -0.124. The summed E-state index contributed by atoms with van der Waals surface area (Å²) in [5, 5.41) is 36.5. The van der Waals surface area contributed by atoms with Gasteiger partial charge in [-0.05, 0) is 0 Å². The molecule has 9 heteroatoms. The SMILES string of the molecule is [3H]c1nc(=N)c2nc([3H])n([C@@H]3O[C@H](CO)[C@@H](O)[C@H]3O)c2[nH]1. The Morgan fingerprint density at radius 1 is 1.47 bits per heavy atom. The number of aliphatic hydroxyl groups excluding tert-OH is 3. The summed E-state index contributed by atoms with van der Waals surface area (Å²) < 4.78 is 21.8. The highest BCUT2D eigenvalue weighted by Gasteiger charge is 2.43. The quantitative estimate of drug-likeness (QED) is 0.422. The molecular formula is C10H13N5O4. The number of aliphatic hydroxyl groups is 3. The predicted octanol–water partition coefficient (Wildman–Crippen LogP) is -2.15. The van der Waals surface area contributed by atoms with Crippen molar-refractivity contribution < 1.29 is 22.8 Å². The minimum Gasteiger partial charge on any atom is -0.394 e. The molecule has 2 aromatic heterocycles. The molecule has 3 heterocycles. The Bertz CT molecular complexity index is 747. The van der Waals surface area contributed by atoms with Gasteiger partial charge in [-0.3, -0.25) is 9.98 Å². The summed E-state index contributed by atoms with van der Waals surface area (Å²) in [6, 6.07) is 0. The lowest BCUT2D eigenvalue weighted by Gasteiger charge is -2.16. The van der Waals surface area contributed by atoms with Gasteiger partial charge in [-0.1, -0.05) is 0 Å². The number of nitrogens with zero attached hydrogens (tertiary/aromatic N) is 3. The lowest BCUT2D eigenvalue weighted by Crippen LogP contribution is -2.33. The molecule has 0 aromatic carbocycles. The van der Waals surface area contributed by atoms with Crippen LogP contribution in [0.5, 0.6) is 0 Å². The fourth-order valence-electron chi connectivity index (χ4n) is 2.07. The molecule has 5 N–H and O–H groups in total. The van der Waals surface area contributed by atoms with Crippen molar-refractivity contribution in [3.63, 3.8) is 0 Å². The maximum atomic E-state index is 10.0. The summed E-state index contributed by atoms with van der Waals surface area (Å²) in [6.45, 7) is -0.493. The van der Waals surface area contributed by atoms with Crippen LogP contribution in [-0.4, -0.2) is 59.8 Å². The third kappa shape index (κ3) is 1.75.